The molecule has 0 spiro atoms. The summed E-state index contributed by atoms with van der Waals surface area (Å²) in [4.78, 5) is 13.4. The first kappa shape index (κ1) is 12.4. The normalized spacial score (nSPS) is 10.0. The third kappa shape index (κ3) is 2.69. The Kier molecular flexibility index (Phi) is 3.82. The number of hydrogen-bond donors (Lipinski definition) is 0. The van der Waals surface area contributed by atoms with Gasteiger partial charge < -0.3 is 4.90 Å². The number of amides is 1. The summed E-state index contributed by atoms with van der Waals surface area (Å²) in [6, 6.07) is 4.82. The molecular formula is C13H16FNO. The number of aryl methyl sites for hydroxylation is 1. The number of benzene rings is 1. The summed E-state index contributed by atoms with van der Waals surface area (Å²) in [6.45, 7) is 7.63. The topological polar surface area (TPSA) is 20.3 Å². The summed E-state index contributed by atoms with van der Waals surface area (Å²) >= 11 is 0. The number of hydrogen-bond acceptors (Lipinski definition) is 1. The molecule has 0 bridgehead atoms. The molecule has 3 heteroatoms. The standard InChI is InChI=1S/C13H16FNO/c1-9(2)8-15(4)13(16)11-7-5-6-10(3)12(11)14/h5-7H,1,8H2,2-4H3. The van der Waals surface area contributed by atoms with Crippen LogP contribution in [0.5, 0.6) is 0 Å². The van der Waals surface area contributed by atoms with Crippen molar-refractivity contribution in [2.45, 2.75) is 13.8 Å². The molecule has 0 N–H and O–H groups in total. The van der Waals surface area contributed by atoms with Crippen molar-refractivity contribution in [1.29, 1.82) is 0 Å². The van der Waals surface area contributed by atoms with Crippen LogP contribution in [-0.2, 0) is 0 Å². The minimum Gasteiger partial charge on any atom is -0.338 e. The van der Waals surface area contributed by atoms with Crippen molar-refractivity contribution >= 4 is 5.91 Å². The lowest BCUT2D eigenvalue weighted by Crippen LogP contribution is -2.29. The lowest BCUT2D eigenvalue weighted by Gasteiger charge is -2.17. The largest absolute Gasteiger partial charge is 0.338 e. The Bertz CT molecular complexity index is 426. The van der Waals surface area contributed by atoms with E-state index in [1.54, 1.807) is 26.1 Å². The lowest BCUT2D eigenvalue weighted by molar-refractivity contribution is 0.0802. The van der Waals surface area contributed by atoms with E-state index in [1.807, 2.05) is 6.92 Å². The van der Waals surface area contributed by atoms with Crippen molar-refractivity contribution < 1.29 is 9.18 Å². The molecule has 1 aromatic rings. The SMILES string of the molecule is C=C(C)CN(C)C(=O)c1cccc(C)c1F. The van der Waals surface area contributed by atoms with Gasteiger partial charge in [0.05, 0.1) is 5.56 Å². The fraction of sp³-hybridized carbons (Fsp3) is 0.308. The highest BCUT2D eigenvalue weighted by molar-refractivity contribution is 5.94. The molecule has 0 radical (unpaired) electrons. The molecule has 0 aliphatic heterocycles. The first-order valence-corrected chi connectivity index (χ1v) is 5.08. The summed E-state index contributed by atoms with van der Waals surface area (Å²) < 4.78 is 13.7. The first-order valence-electron chi connectivity index (χ1n) is 5.08. The highest BCUT2D eigenvalue weighted by atomic mass is 19.1. The van der Waals surface area contributed by atoms with E-state index < -0.39 is 5.82 Å². The van der Waals surface area contributed by atoms with E-state index >= 15 is 0 Å². The van der Waals surface area contributed by atoms with Crippen LogP contribution in [-0.4, -0.2) is 24.4 Å². The maximum atomic E-state index is 13.7. The van der Waals surface area contributed by atoms with E-state index in [2.05, 4.69) is 6.58 Å². The molecule has 1 rings (SSSR count). The minimum absolute atomic E-state index is 0.115. The van der Waals surface area contributed by atoms with Crippen LogP contribution >= 0.6 is 0 Å². The minimum atomic E-state index is -0.443. The summed E-state index contributed by atoms with van der Waals surface area (Å²) in [6.07, 6.45) is 0. The molecule has 86 valence electrons. The Hall–Kier alpha value is -1.64. The van der Waals surface area contributed by atoms with E-state index in [-0.39, 0.29) is 11.5 Å². The number of carbonyl (C=O) groups excluding carboxylic acids is 1. The summed E-state index contributed by atoms with van der Waals surface area (Å²) in [7, 11) is 1.64. The molecule has 0 heterocycles. The molecule has 0 fully saturated rings. The smallest absolute Gasteiger partial charge is 0.256 e. The van der Waals surface area contributed by atoms with Crippen molar-refractivity contribution in [2.75, 3.05) is 13.6 Å². The van der Waals surface area contributed by atoms with Gasteiger partial charge in [-0.05, 0) is 25.5 Å². The zero-order chi connectivity index (χ0) is 12.3. The van der Waals surface area contributed by atoms with Gasteiger partial charge in [0.1, 0.15) is 5.82 Å². The van der Waals surface area contributed by atoms with Gasteiger partial charge in [-0.15, -0.1) is 0 Å². The predicted molar refractivity (Wildman–Crippen MR) is 62.9 cm³/mol. The molecule has 16 heavy (non-hydrogen) atoms. The predicted octanol–water partition coefficient (Wildman–Crippen LogP) is 2.78. The zero-order valence-corrected chi connectivity index (χ0v) is 9.88. The van der Waals surface area contributed by atoms with E-state index in [4.69, 9.17) is 0 Å². The van der Waals surface area contributed by atoms with Crippen LogP contribution in [0.3, 0.4) is 0 Å². The molecular weight excluding hydrogens is 205 g/mol. The van der Waals surface area contributed by atoms with E-state index in [9.17, 15) is 9.18 Å². The number of likely N-dealkylation sites (N-methyl/N-ethyl adjacent to an activating group) is 1. The van der Waals surface area contributed by atoms with Gasteiger partial charge in [-0.3, -0.25) is 4.79 Å². The molecule has 0 unspecified atom stereocenters. The number of rotatable bonds is 3. The maximum Gasteiger partial charge on any atom is 0.256 e. The third-order valence-corrected chi connectivity index (χ3v) is 2.28. The van der Waals surface area contributed by atoms with Gasteiger partial charge in [0.25, 0.3) is 5.91 Å². The summed E-state index contributed by atoms with van der Waals surface area (Å²) in [5, 5.41) is 0. The zero-order valence-electron chi connectivity index (χ0n) is 9.88. The Balaban J connectivity index is 2.96. The number of nitrogens with zero attached hydrogens (tertiary/aromatic N) is 1. The van der Waals surface area contributed by atoms with Gasteiger partial charge in [0.15, 0.2) is 0 Å². The summed E-state index contributed by atoms with van der Waals surface area (Å²) in [5.74, 6) is -0.759. The molecule has 0 aliphatic rings. The van der Waals surface area contributed by atoms with Gasteiger partial charge in [-0.1, -0.05) is 24.3 Å². The van der Waals surface area contributed by atoms with Crippen LogP contribution < -0.4 is 0 Å². The molecule has 0 aromatic heterocycles. The van der Waals surface area contributed by atoms with Crippen LogP contribution in [0.4, 0.5) is 4.39 Å². The molecule has 0 saturated carbocycles. The van der Waals surface area contributed by atoms with Crippen molar-refractivity contribution in [3.8, 4) is 0 Å². The fourth-order valence-corrected chi connectivity index (χ4v) is 1.49. The number of halogens is 1. The highest BCUT2D eigenvalue weighted by Gasteiger charge is 2.16. The second kappa shape index (κ2) is 4.92. The van der Waals surface area contributed by atoms with Gasteiger partial charge in [-0.2, -0.15) is 0 Å². The van der Waals surface area contributed by atoms with E-state index in [0.29, 0.717) is 12.1 Å². The van der Waals surface area contributed by atoms with E-state index in [0.717, 1.165) is 5.57 Å². The van der Waals surface area contributed by atoms with Crippen LogP contribution in [0.15, 0.2) is 30.4 Å². The van der Waals surface area contributed by atoms with Gasteiger partial charge in [-0.25, -0.2) is 4.39 Å². The van der Waals surface area contributed by atoms with Crippen molar-refractivity contribution in [1.82, 2.24) is 4.90 Å². The quantitative estimate of drug-likeness (QED) is 0.719. The van der Waals surface area contributed by atoms with Crippen LogP contribution in [0, 0.1) is 12.7 Å². The Labute approximate surface area is 95.4 Å². The fourth-order valence-electron chi connectivity index (χ4n) is 1.49. The van der Waals surface area contributed by atoms with Crippen LogP contribution in [0.25, 0.3) is 0 Å². The first-order chi connectivity index (χ1) is 7.43. The monoisotopic (exact) mass is 221 g/mol. The van der Waals surface area contributed by atoms with Crippen molar-refractivity contribution in [3.05, 3.63) is 47.3 Å². The molecule has 1 amide bonds. The Morgan fingerprint density at radius 3 is 2.69 bits per heavy atom. The second-order valence-electron chi connectivity index (χ2n) is 4.05. The molecule has 2 nitrogen and oxygen atoms in total. The summed E-state index contributed by atoms with van der Waals surface area (Å²) in [5.41, 5.74) is 1.46. The van der Waals surface area contributed by atoms with Crippen molar-refractivity contribution in [3.63, 3.8) is 0 Å². The second-order valence-corrected chi connectivity index (χ2v) is 4.05. The molecule has 1 aromatic carbocycles. The van der Waals surface area contributed by atoms with Gasteiger partial charge in [0, 0.05) is 13.6 Å². The maximum absolute atomic E-state index is 13.7. The number of carbonyl (C=O) groups is 1. The average molecular weight is 221 g/mol. The Morgan fingerprint density at radius 1 is 1.50 bits per heavy atom. The average Bonchev–Trinajstić information content (AvgIpc) is 2.20. The van der Waals surface area contributed by atoms with Gasteiger partial charge >= 0.3 is 0 Å². The van der Waals surface area contributed by atoms with Crippen molar-refractivity contribution in [2.24, 2.45) is 0 Å². The highest BCUT2D eigenvalue weighted by Crippen LogP contribution is 2.14. The van der Waals surface area contributed by atoms with Gasteiger partial charge in [0.2, 0.25) is 0 Å². The lowest BCUT2D eigenvalue weighted by atomic mass is 10.1. The molecule has 0 aliphatic carbocycles. The third-order valence-electron chi connectivity index (χ3n) is 2.28. The molecule has 0 saturated heterocycles. The van der Waals surface area contributed by atoms with Crippen LogP contribution in [0.1, 0.15) is 22.8 Å². The Morgan fingerprint density at radius 2 is 2.12 bits per heavy atom. The van der Waals surface area contributed by atoms with E-state index in [1.165, 1.54) is 11.0 Å². The van der Waals surface area contributed by atoms with Crippen LogP contribution in [0.2, 0.25) is 0 Å². The molecule has 0 atom stereocenters.